The maximum atomic E-state index is 12.8. The fourth-order valence-electron chi connectivity index (χ4n) is 4.22. The van der Waals surface area contributed by atoms with E-state index in [1.54, 1.807) is 0 Å². The van der Waals surface area contributed by atoms with Crippen molar-refractivity contribution in [1.82, 2.24) is 9.80 Å². The smallest absolute Gasteiger partial charge is 0.253 e. The number of carbonyl (C=O) groups excluding carboxylic acids is 1. The summed E-state index contributed by atoms with van der Waals surface area (Å²) in [5.74, 6) is 0.133. The average Bonchev–Trinajstić information content (AvgIpc) is 2.78. The highest BCUT2D eigenvalue weighted by atomic mass is 16.2. The molecule has 4 rings (SSSR count). The van der Waals surface area contributed by atoms with E-state index < -0.39 is 0 Å². The van der Waals surface area contributed by atoms with Crippen molar-refractivity contribution in [1.29, 1.82) is 0 Å². The molecule has 1 amide bonds. The third-order valence-corrected chi connectivity index (χ3v) is 5.83. The molecule has 3 nitrogen and oxygen atoms in total. The molecular weight excluding hydrogens is 356 g/mol. The van der Waals surface area contributed by atoms with Gasteiger partial charge in [0, 0.05) is 31.7 Å². The lowest BCUT2D eigenvalue weighted by Gasteiger charge is -2.40. The van der Waals surface area contributed by atoms with Crippen LogP contribution in [-0.4, -0.2) is 41.9 Å². The maximum absolute atomic E-state index is 12.8. The van der Waals surface area contributed by atoms with E-state index in [1.807, 2.05) is 35.2 Å². The Hall–Kier alpha value is -2.91. The van der Waals surface area contributed by atoms with Crippen molar-refractivity contribution in [3.63, 3.8) is 0 Å². The Kier molecular flexibility index (Phi) is 5.77. The zero-order chi connectivity index (χ0) is 20.2. The van der Waals surface area contributed by atoms with Crippen LogP contribution in [0.1, 0.15) is 38.7 Å². The molecule has 1 aliphatic rings. The molecule has 148 valence electrons. The first-order chi connectivity index (χ1) is 14.1. The van der Waals surface area contributed by atoms with Crippen LogP contribution in [0.5, 0.6) is 0 Å². The van der Waals surface area contributed by atoms with Crippen LogP contribution < -0.4 is 0 Å². The first-order valence-corrected chi connectivity index (χ1v) is 10.3. The van der Waals surface area contributed by atoms with E-state index in [-0.39, 0.29) is 11.9 Å². The van der Waals surface area contributed by atoms with Gasteiger partial charge in [-0.1, -0.05) is 72.3 Å². The van der Waals surface area contributed by atoms with Gasteiger partial charge >= 0.3 is 0 Å². The summed E-state index contributed by atoms with van der Waals surface area (Å²) in [4.78, 5) is 17.3. The van der Waals surface area contributed by atoms with Crippen molar-refractivity contribution in [3.8, 4) is 0 Å². The number of amides is 1. The van der Waals surface area contributed by atoms with Crippen LogP contribution >= 0.6 is 0 Å². The van der Waals surface area contributed by atoms with Crippen LogP contribution in [-0.2, 0) is 0 Å². The zero-order valence-electron chi connectivity index (χ0n) is 17.2. The zero-order valence-corrected chi connectivity index (χ0v) is 17.2. The SMILES string of the molecule is Cc1ccc(C)c([C@H](c2ccccc2)N2CCN(C(=O)c3ccccc3)CC2)c1. The van der Waals surface area contributed by atoms with Crippen LogP contribution in [0.3, 0.4) is 0 Å². The Morgan fingerprint density at radius 2 is 1.41 bits per heavy atom. The van der Waals surface area contributed by atoms with E-state index >= 15 is 0 Å². The van der Waals surface area contributed by atoms with E-state index in [4.69, 9.17) is 0 Å². The summed E-state index contributed by atoms with van der Waals surface area (Å²) in [5.41, 5.74) is 6.04. The molecule has 1 saturated heterocycles. The predicted molar refractivity (Wildman–Crippen MR) is 118 cm³/mol. The molecule has 1 heterocycles. The predicted octanol–water partition coefficient (Wildman–Crippen LogP) is 4.85. The number of piperazine rings is 1. The minimum absolute atomic E-state index is 0.133. The monoisotopic (exact) mass is 384 g/mol. The Labute approximate surface area is 173 Å². The molecule has 1 fully saturated rings. The highest BCUT2D eigenvalue weighted by Gasteiger charge is 2.29. The van der Waals surface area contributed by atoms with E-state index in [0.29, 0.717) is 0 Å². The van der Waals surface area contributed by atoms with Crippen molar-refractivity contribution in [2.45, 2.75) is 19.9 Å². The van der Waals surface area contributed by atoms with Gasteiger partial charge < -0.3 is 4.90 Å². The molecule has 3 heteroatoms. The summed E-state index contributed by atoms with van der Waals surface area (Å²) in [7, 11) is 0. The number of benzene rings is 3. The van der Waals surface area contributed by atoms with Gasteiger partial charge in [-0.2, -0.15) is 0 Å². The first-order valence-electron chi connectivity index (χ1n) is 10.3. The van der Waals surface area contributed by atoms with Gasteiger partial charge in [0.1, 0.15) is 0 Å². The van der Waals surface area contributed by atoms with Gasteiger partial charge in [0.05, 0.1) is 6.04 Å². The second kappa shape index (κ2) is 8.62. The first kappa shape index (κ1) is 19.4. The van der Waals surface area contributed by atoms with Gasteiger partial charge in [-0.05, 0) is 42.7 Å². The quantitative estimate of drug-likeness (QED) is 0.642. The topological polar surface area (TPSA) is 23.6 Å². The van der Waals surface area contributed by atoms with Gasteiger partial charge in [-0.25, -0.2) is 0 Å². The molecule has 0 aromatic heterocycles. The molecule has 0 saturated carbocycles. The Morgan fingerprint density at radius 3 is 2.07 bits per heavy atom. The Balaban J connectivity index is 1.57. The second-order valence-corrected chi connectivity index (χ2v) is 7.87. The number of hydrogen-bond donors (Lipinski definition) is 0. The summed E-state index contributed by atoms with van der Waals surface area (Å²) in [5, 5.41) is 0. The van der Waals surface area contributed by atoms with Crippen LogP contribution in [0.15, 0.2) is 78.9 Å². The number of hydrogen-bond acceptors (Lipinski definition) is 2. The van der Waals surface area contributed by atoms with Gasteiger partial charge in [-0.3, -0.25) is 9.69 Å². The molecule has 0 bridgehead atoms. The summed E-state index contributed by atoms with van der Waals surface area (Å²) < 4.78 is 0. The van der Waals surface area contributed by atoms with Crippen molar-refractivity contribution in [2.75, 3.05) is 26.2 Å². The van der Waals surface area contributed by atoms with Gasteiger partial charge in [0.2, 0.25) is 0 Å². The Bertz CT molecular complexity index is 961. The molecule has 1 atom stereocenters. The summed E-state index contributed by atoms with van der Waals surface area (Å²) in [6.45, 7) is 7.59. The molecule has 1 aliphatic heterocycles. The van der Waals surface area contributed by atoms with Crippen LogP contribution in [0, 0.1) is 13.8 Å². The highest BCUT2D eigenvalue weighted by molar-refractivity contribution is 5.94. The van der Waals surface area contributed by atoms with Gasteiger partial charge in [0.15, 0.2) is 0 Å². The summed E-state index contributed by atoms with van der Waals surface area (Å²) in [6, 6.07) is 27.3. The van der Waals surface area contributed by atoms with E-state index in [9.17, 15) is 4.79 Å². The van der Waals surface area contributed by atoms with Gasteiger partial charge in [-0.15, -0.1) is 0 Å². The molecule has 3 aromatic rings. The fourth-order valence-corrected chi connectivity index (χ4v) is 4.22. The van der Waals surface area contributed by atoms with Crippen molar-refractivity contribution < 1.29 is 4.79 Å². The lowest BCUT2D eigenvalue weighted by Crippen LogP contribution is -2.50. The molecule has 0 N–H and O–H groups in total. The minimum Gasteiger partial charge on any atom is -0.336 e. The van der Waals surface area contributed by atoms with Crippen molar-refractivity contribution in [2.24, 2.45) is 0 Å². The molecule has 0 unspecified atom stereocenters. The van der Waals surface area contributed by atoms with E-state index in [1.165, 1.54) is 22.3 Å². The minimum atomic E-state index is 0.133. The van der Waals surface area contributed by atoms with Crippen LogP contribution in [0.4, 0.5) is 0 Å². The number of rotatable bonds is 4. The summed E-state index contributed by atoms with van der Waals surface area (Å²) >= 11 is 0. The molecule has 0 spiro atoms. The average molecular weight is 385 g/mol. The highest BCUT2D eigenvalue weighted by Crippen LogP contribution is 2.32. The maximum Gasteiger partial charge on any atom is 0.253 e. The van der Waals surface area contributed by atoms with Gasteiger partial charge in [0.25, 0.3) is 5.91 Å². The van der Waals surface area contributed by atoms with Crippen molar-refractivity contribution >= 4 is 5.91 Å². The summed E-state index contributed by atoms with van der Waals surface area (Å²) in [6.07, 6.45) is 0. The fraction of sp³-hybridized carbons (Fsp3) is 0.269. The van der Waals surface area contributed by atoms with Crippen LogP contribution in [0.2, 0.25) is 0 Å². The van der Waals surface area contributed by atoms with E-state index in [2.05, 4.69) is 67.3 Å². The lowest BCUT2D eigenvalue weighted by atomic mass is 9.92. The molecule has 29 heavy (non-hydrogen) atoms. The number of aryl methyl sites for hydroxylation is 2. The van der Waals surface area contributed by atoms with Crippen LogP contribution in [0.25, 0.3) is 0 Å². The molecular formula is C26H28N2O. The number of nitrogens with zero attached hydrogens (tertiary/aromatic N) is 2. The largest absolute Gasteiger partial charge is 0.336 e. The Morgan fingerprint density at radius 1 is 0.793 bits per heavy atom. The molecule has 0 aliphatic carbocycles. The van der Waals surface area contributed by atoms with Crippen molar-refractivity contribution in [3.05, 3.63) is 107 Å². The third-order valence-electron chi connectivity index (χ3n) is 5.83. The normalized spacial score (nSPS) is 15.9. The lowest BCUT2D eigenvalue weighted by molar-refractivity contribution is 0.0597. The van der Waals surface area contributed by atoms with E-state index in [0.717, 1.165) is 31.7 Å². The second-order valence-electron chi connectivity index (χ2n) is 7.87. The number of carbonyl (C=O) groups is 1. The molecule has 3 aromatic carbocycles. The third kappa shape index (κ3) is 4.25. The molecule has 0 radical (unpaired) electrons. The standard InChI is InChI=1S/C26H28N2O/c1-20-13-14-21(2)24(19-20)25(22-9-5-3-6-10-22)27-15-17-28(18-16-27)26(29)23-11-7-4-8-12-23/h3-14,19,25H,15-18H2,1-2H3/t25-/m0/s1.